The summed E-state index contributed by atoms with van der Waals surface area (Å²) < 4.78 is 2.89. The first-order valence-corrected chi connectivity index (χ1v) is 9.71. The van der Waals surface area contributed by atoms with Gasteiger partial charge in [-0.3, -0.25) is 18.7 Å². The van der Waals surface area contributed by atoms with Crippen LogP contribution in [0.25, 0.3) is 5.69 Å². The van der Waals surface area contributed by atoms with E-state index in [1.165, 1.54) is 4.57 Å². The van der Waals surface area contributed by atoms with E-state index in [9.17, 15) is 19.5 Å². The van der Waals surface area contributed by atoms with Gasteiger partial charge in [0.15, 0.2) is 0 Å². The van der Waals surface area contributed by atoms with Crippen LogP contribution in [0.4, 0.5) is 5.69 Å². The number of aromatic nitrogens is 2. The summed E-state index contributed by atoms with van der Waals surface area (Å²) in [6.07, 6.45) is 0.978. The molecule has 1 aliphatic heterocycles. The SMILES string of the molecule is Cc1c(N2CCC(C(=O)O)CC2)c(=O)n(CC(C)C)c(=O)n1-c1ccccc1. The number of hydrogen-bond donors (Lipinski definition) is 1. The van der Waals surface area contributed by atoms with Gasteiger partial charge in [0.1, 0.15) is 5.69 Å². The third-order valence-corrected chi connectivity index (χ3v) is 5.27. The van der Waals surface area contributed by atoms with Crippen molar-refractivity contribution in [1.82, 2.24) is 9.13 Å². The van der Waals surface area contributed by atoms with Crippen LogP contribution < -0.4 is 16.1 Å². The number of para-hydroxylation sites is 1. The molecule has 1 fully saturated rings. The molecule has 1 aliphatic rings. The number of nitrogens with zero attached hydrogens (tertiary/aromatic N) is 3. The molecule has 2 aromatic rings. The van der Waals surface area contributed by atoms with E-state index in [2.05, 4.69) is 0 Å². The first-order chi connectivity index (χ1) is 13.3. The lowest BCUT2D eigenvalue weighted by Crippen LogP contribution is -2.47. The lowest BCUT2D eigenvalue weighted by molar-refractivity contribution is -0.142. The quantitative estimate of drug-likeness (QED) is 0.853. The molecule has 1 aromatic heterocycles. The van der Waals surface area contributed by atoms with E-state index in [0.29, 0.717) is 49.5 Å². The Labute approximate surface area is 163 Å². The molecular weight excluding hydrogens is 358 g/mol. The Bertz CT molecular complexity index is 968. The lowest BCUT2D eigenvalue weighted by Gasteiger charge is -2.33. The zero-order chi connectivity index (χ0) is 20.4. The van der Waals surface area contributed by atoms with E-state index in [1.54, 1.807) is 11.5 Å². The largest absolute Gasteiger partial charge is 0.481 e. The van der Waals surface area contributed by atoms with E-state index >= 15 is 0 Å². The van der Waals surface area contributed by atoms with Gasteiger partial charge in [-0.05, 0) is 37.8 Å². The number of carboxylic acids is 1. The van der Waals surface area contributed by atoms with Gasteiger partial charge in [-0.2, -0.15) is 0 Å². The third kappa shape index (κ3) is 3.74. The summed E-state index contributed by atoms with van der Waals surface area (Å²) >= 11 is 0. The third-order valence-electron chi connectivity index (χ3n) is 5.27. The molecule has 1 saturated heterocycles. The number of aliphatic carboxylic acids is 1. The molecule has 0 spiro atoms. The Morgan fingerprint density at radius 2 is 1.75 bits per heavy atom. The van der Waals surface area contributed by atoms with Crippen LogP contribution in [0.3, 0.4) is 0 Å². The number of piperidine rings is 1. The van der Waals surface area contributed by atoms with Crippen molar-refractivity contribution in [3.05, 3.63) is 56.9 Å². The molecule has 7 nitrogen and oxygen atoms in total. The summed E-state index contributed by atoms with van der Waals surface area (Å²) in [4.78, 5) is 39.6. The van der Waals surface area contributed by atoms with Crippen molar-refractivity contribution in [3.63, 3.8) is 0 Å². The lowest BCUT2D eigenvalue weighted by atomic mass is 9.96. The van der Waals surface area contributed by atoms with Crippen molar-refractivity contribution in [3.8, 4) is 5.69 Å². The number of anilines is 1. The Morgan fingerprint density at radius 1 is 1.14 bits per heavy atom. The van der Waals surface area contributed by atoms with Crippen molar-refractivity contribution in [1.29, 1.82) is 0 Å². The van der Waals surface area contributed by atoms with Gasteiger partial charge in [0.2, 0.25) is 0 Å². The molecule has 0 bridgehead atoms. The van der Waals surface area contributed by atoms with E-state index in [4.69, 9.17) is 0 Å². The second kappa shape index (κ2) is 8.04. The molecule has 0 aliphatic carbocycles. The Hall–Kier alpha value is -2.83. The van der Waals surface area contributed by atoms with E-state index < -0.39 is 5.97 Å². The summed E-state index contributed by atoms with van der Waals surface area (Å²) in [5.74, 6) is -1.03. The molecule has 1 N–H and O–H groups in total. The second-order valence-corrected chi connectivity index (χ2v) is 7.80. The first-order valence-electron chi connectivity index (χ1n) is 9.71. The maximum absolute atomic E-state index is 13.2. The molecule has 0 saturated carbocycles. The molecule has 0 radical (unpaired) electrons. The highest BCUT2D eigenvalue weighted by molar-refractivity contribution is 5.70. The number of carboxylic acid groups (broad SMARTS) is 1. The summed E-state index contributed by atoms with van der Waals surface area (Å²) in [5.41, 5.74) is 1.16. The molecule has 150 valence electrons. The minimum absolute atomic E-state index is 0.142. The van der Waals surface area contributed by atoms with E-state index in [0.717, 1.165) is 0 Å². The maximum atomic E-state index is 13.2. The highest BCUT2D eigenvalue weighted by atomic mass is 16.4. The Balaban J connectivity index is 2.16. The highest BCUT2D eigenvalue weighted by Gasteiger charge is 2.29. The summed E-state index contributed by atoms with van der Waals surface area (Å²) in [5, 5.41) is 9.25. The van der Waals surface area contributed by atoms with Gasteiger partial charge >= 0.3 is 11.7 Å². The van der Waals surface area contributed by atoms with Crippen LogP contribution in [0.2, 0.25) is 0 Å². The zero-order valence-electron chi connectivity index (χ0n) is 16.6. The second-order valence-electron chi connectivity index (χ2n) is 7.80. The number of benzene rings is 1. The van der Waals surface area contributed by atoms with E-state index in [1.807, 2.05) is 49.1 Å². The molecule has 0 unspecified atom stereocenters. The van der Waals surface area contributed by atoms with Gasteiger partial charge in [0.25, 0.3) is 5.56 Å². The van der Waals surface area contributed by atoms with Crippen LogP contribution in [0.1, 0.15) is 32.4 Å². The molecule has 0 atom stereocenters. The van der Waals surface area contributed by atoms with Crippen molar-refractivity contribution < 1.29 is 9.90 Å². The Morgan fingerprint density at radius 3 is 2.29 bits per heavy atom. The minimum atomic E-state index is -0.789. The average Bonchev–Trinajstić information content (AvgIpc) is 2.66. The molecule has 1 aromatic carbocycles. The predicted octanol–water partition coefficient (Wildman–Crippen LogP) is 2.26. The molecule has 2 heterocycles. The van der Waals surface area contributed by atoms with Crippen molar-refractivity contribution >= 4 is 11.7 Å². The summed E-state index contributed by atoms with van der Waals surface area (Å²) in [6, 6.07) is 9.29. The van der Waals surface area contributed by atoms with Crippen LogP contribution >= 0.6 is 0 Å². The van der Waals surface area contributed by atoms with Crippen molar-refractivity contribution in [2.24, 2.45) is 11.8 Å². The normalized spacial score (nSPS) is 15.2. The highest BCUT2D eigenvalue weighted by Crippen LogP contribution is 2.24. The monoisotopic (exact) mass is 385 g/mol. The van der Waals surface area contributed by atoms with Crippen molar-refractivity contribution in [2.75, 3.05) is 18.0 Å². The predicted molar refractivity (Wildman–Crippen MR) is 108 cm³/mol. The fourth-order valence-electron chi connectivity index (χ4n) is 3.86. The molecule has 0 amide bonds. The van der Waals surface area contributed by atoms with Crippen LogP contribution in [0, 0.1) is 18.8 Å². The maximum Gasteiger partial charge on any atom is 0.335 e. The van der Waals surface area contributed by atoms with Gasteiger partial charge in [0, 0.05) is 19.6 Å². The van der Waals surface area contributed by atoms with Crippen LogP contribution in [0.5, 0.6) is 0 Å². The van der Waals surface area contributed by atoms with Gasteiger partial charge < -0.3 is 10.0 Å². The molecule has 3 rings (SSSR count). The molecular formula is C21H27N3O4. The first kappa shape index (κ1) is 19.9. The van der Waals surface area contributed by atoms with Crippen LogP contribution in [0.15, 0.2) is 39.9 Å². The van der Waals surface area contributed by atoms with E-state index in [-0.39, 0.29) is 23.1 Å². The van der Waals surface area contributed by atoms with Gasteiger partial charge in [-0.25, -0.2) is 4.79 Å². The topological polar surface area (TPSA) is 84.5 Å². The van der Waals surface area contributed by atoms with Gasteiger partial charge in [-0.1, -0.05) is 32.0 Å². The number of carbonyl (C=O) groups is 1. The summed E-state index contributed by atoms with van der Waals surface area (Å²) in [7, 11) is 0. The molecule has 7 heteroatoms. The van der Waals surface area contributed by atoms with Gasteiger partial charge in [-0.15, -0.1) is 0 Å². The average molecular weight is 385 g/mol. The number of hydrogen-bond acceptors (Lipinski definition) is 4. The fraction of sp³-hybridized carbons (Fsp3) is 0.476. The van der Waals surface area contributed by atoms with Crippen molar-refractivity contribution in [2.45, 2.75) is 40.2 Å². The zero-order valence-corrected chi connectivity index (χ0v) is 16.6. The Kier molecular flexibility index (Phi) is 5.72. The minimum Gasteiger partial charge on any atom is -0.481 e. The molecule has 28 heavy (non-hydrogen) atoms. The number of rotatable bonds is 5. The van der Waals surface area contributed by atoms with Gasteiger partial charge in [0.05, 0.1) is 17.3 Å². The smallest absolute Gasteiger partial charge is 0.335 e. The standard InChI is InChI=1S/C21H27N3O4/c1-14(2)13-23-19(25)18(22-11-9-16(10-12-22)20(26)27)15(3)24(21(23)28)17-7-5-4-6-8-17/h4-8,14,16H,9-13H2,1-3H3,(H,26,27). The van der Waals surface area contributed by atoms with Crippen LogP contribution in [-0.4, -0.2) is 33.3 Å². The van der Waals surface area contributed by atoms with Crippen LogP contribution in [-0.2, 0) is 11.3 Å². The fourth-order valence-corrected chi connectivity index (χ4v) is 3.86. The summed E-state index contributed by atoms with van der Waals surface area (Å²) in [6.45, 7) is 7.04.